The van der Waals surface area contributed by atoms with Crippen LogP contribution in [0.2, 0.25) is 0 Å². The molecule has 0 heterocycles. The Morgan fingerprint density at radius 2 is 0.481 bits per heavy atom. The zero-order chi connectivity index (χ0) is 40.4. The molecule has 0 aliphatic heterocycles. The molecule has 0 radical (unpaired) electrons. The first kappa shape index (κ1) is 50.4. The maximum Gasteiger partial charge on any atom is 0.460 e. The van der Waals surface area contributed by atoms with E-state index in [1.165, 1.54) is 0 Å². The third-order valence-corrected chi connectivity index (χ3v) is 6.19. The van der Waals surface area contributed by atoms with Crippen molar-refractivity contribution in [2.75, 3.05) is 112 Å². The highest BCUT2D eigenvalue weighted by Gasteiger charge is 2.95. The molecule has 0 bridgehead atoms. The smallest absolute Gasteiger partial charge is 0.394 e. The van der Waals surface area contributed by atoms with Crippen LogP contribution in [0, 0.1) is 0 Å². The first-order chi connectivity index (χ1) is 23.8. The molecule has 26 heteroatoms. The van der Waals surface area contributed by atoms with Crippen LogP contribution in [0.3, 0.4) is 0 Å². The SMILES string of the molecule is OCCOCCOCCOCCOCCOCCOCCOCCOCCC(F)(F)C(F)(F)C(F)(F)C(F)(F)C(F)(F)C(F)(F)C(F)(F)C(F)(F)F. The fraction of sp³-hybridized carbons (Fsp3) is 1.00. The summed E-state index contributed by atoms with van der Waals surface area (Å²) in [7, 11) is 0. The van der Waals surface area contributed by atoms with Gasteiger partial charge < -0.3 is 43.0 Å². The Hall–Kier alpha value is -1.55. The van der Waals surface area contributed by atoms with E-state index in [2.05, 4.69) is 4.74 Å². The van der Waals surface area contributed by atoms with E-state index in [4.69, 9.17) is 38.3 Å². The Morgan fingerprint density at radius 3 is 0.731 bits per heavy atom. The van der Waals surface area contributed by atoms with Gasteiger partial charge in [-0.25, -0.2) is 0 Å². The molecule has 0 saturated carbocycles. The van der Waals surface area contributed by atoms with E-state index in [0.717, 1.165) is 0 Å². The first-order valence-electron chi connectivity index (χ1n) is 14.8. The van der Waals surface area contributed by atoms with Gasteiger partial charge in [-0.3, -0.25) is 0 Å². The fourth-order valence-corrected chi connectivity index (χ4v) is 3.26. The summed E-state index contributed by atoms with van der Waals surface area (Å²) in [6.45, 7) is -0.350. The Morgan fingerprint density at radius 1 is 0.269 bits per heavy atom. The number of halogens is 17. The third-order valence-electron chi connectivity index (χ3n) is 6.19. The van der Waals surface area contributed by atoms with Crippen LogP contribution in [0.25, 0.3) is 0 Å². The van der Waals surface area contributed by atoms with Crippen molar-refractivity contribution in [1.82, 2.24) is 0 Å². The first-order valence-corrected chi connectivity index (χ1v) is 14.8. The van der Waals surface area contributed by atoms with Gasteiger partial charge in [0.2, 0.25) is 0 Å². The maximum atomic E-state index is 13.8. The quantitative estimate of drug-likeness (QED) is 0.0698. The normalized spacial score (nSPS) is 14.4. The average Bonchev–Trinajstić information content (AvgIpc) is 3.03. The van der Waals surface area contributed by atoms with Gasteiger partial charge >= 0.3 is 47.6 Å². The highest BCUT2D eigenvalue weighted by atomic mass is 19.4. The van der Waals surface area contributed by atoms with Gasteiger partial charge in [0.1, 0.15) is 0 Å². The van der Waals surface area contributed by atoms with Gasteiger partial charge in [0.05, 0.1) is 112 Å². The van der Waals surface area contributed by atoms with Crippen molar-refractivity contribution in [2.24, 2.45) is 0 Å². The van der Waals surface area contributed by atoms with Gasteiger partial charge in [0.25, 0.3) is 0 Å². The van der Waals surface area contributed by atoms with E-state index >= 15 is 0 Å². The van der Waals surface area contributed by atoms with E-state index < -0.39 is 73.9 Å². The molecule has 0 aromatic rings. The summed E-state index contributed by atoms with van der Waals surface area (Å²) in [6, 6.07) is 0. The molecule has 0 spiro atoms. The molecule has 1 N–H and O–H groups in total. The second kappa shape index (κ2) is 22.1. The molecule has 0 unspecified atom stereocenters. The molecule has 0 amide bonds. The van der Waals surface area contributed by atoms with Crippen molar-refractivity contribution in [1.29, 1.82) is 0 Å². The number of hydrogen-bond acceptors (Lipinski definition) is 9. The van der Waals surface area contributed by atoms with Crippen LogP contribution in [0.4, 0.5) is 74.6 Å². The Balaban J connectivity index is 4.30. The molecule has 0 saturated heterocycles. The lowest BCUT2D eigenvalue weighted by molar-refractivity contribution is -0.462. The molecule has 314 valence electrons. The van der Waals surface area contributed by atoms with Crippen molar-refractivity contribution in [3.63, 3.8) is 0 Å². The molecule has 0 rings (SSSR count). The summed E-state index contributed by atoms with van der Waals surface area (Å²) in [5, 5.41) is 8.53. The number of hydrogen-bond donors (Lipinski definition) is 1. The predicted molar refractivity (Wildman–Crippen MR) is 139 cm³/mol. The number of aliphatic hydroxyl groups is 1. The summed E-state index contributed by atoms with van der Waals surface area (Å²) in [5.74, 6) is -56.5. The van der Waals surface area contributed by atoms with Crippen molar-refractivity contribution >= 4 is 0 Å². The molecular weight excluding hydrogens is 779 g/mol. The lowest BCUT2D eigenvalue weighted by Gasteiger charge is -2.42. The molecule has 0 aromatic carbocycles. The summed E-state index contributed by atoms with van der Waals surface area (Å²) in [4.78, 5) is 0. The van der Waals surface area contributed by atoms with Crippen molar-refractivity contribution in [2.45, 2.75) is 54.1 Å². The topological polar surface area (TPSA) is 94.1 Å². The number of aliphatic hydroxyl groups excluding tert-OH is 1. The zero-order valence-corrected chi connectivity index (χ0v) is 26.9. The van der Waals surface area contributed by atoms with E-state index in [1.54, 1.807) is 0 Å². The van der Waals surface area contributed by atoms with Gasteiger partial charge in [0.15, 0.2) is 0 Å². The number of ether oxygens (including phenoxy) is 8. The number of rotatable bonds is 32. The van der Waals surface area contributed by atoms with Crippen molar-refractivity contribution in [3.8, 4) is 0 Å². The minimum absolute atomic E-state index is 0.0667. The summed E-state index contributed by atoms with van der Waals surface area (Å²) in [6.07, 6.45) is -10.5. The van der Waals surface area contributed by atoms with E-state index in [9.17, 15) is 74.6 Å². The van der Waals surface area contributed by atoms with Crippen LogP contribution in [-0.4, -0.2) is 165 Å². The average molecular weight is 817 g/mol. The highest BCUT2D eigenvalue weighted by molar-refractivity contribution is 5.15. The van der Waals surface area contributed by atoms with Crippen LogP contribution >= 0.6 is 0 Å². The van der Waals surface area contributed by atoms with Crippen molar-refractivity contribution < 1.29 is 118 Å². The van der Waals surface area contributed by atoms with Crippen molar-refractivity contribution in [3.05, 3.63) is 0 Å². The molecular formula is C26H37F17O9. The van der Waals surface area contributed by atoms with Gasteiger partial charge in [-0.05, 0) is 0 Å². The van der Waals surface area contributed by atoms with Gasteiger partial charge in [-0.15, -0.1) is 0 Å². The summed E-state index contributed by atoms with van der Waals surface area (Å²) < 4.78 is 266. The molecule has 0 aliphatic carbocycles. The molecule has 0 fully saturated rings. The monoisotopic (exact) mass is 816 g/mol. The summed E-state index contributed by atoms with van der Waals surface area (Å²) >= 11 is 0. The summed E-state index contributed by atoms with van der Waals surface area (Å²) in [5.41, 5.74) is 0. The zero-order valence-electron chi connectivity index (χ0n) is 26.9. The highest BCUT2D eigenvalue weighted by Crippen LogP contribution is 2.64. The van der Waals surface area contributed by atoms with Gasteiger partial charge in [-0.1, -0.05) is 0 Å². The molecule has 0 atom stereocenters. The molecule has 0 aromatic heterocycles. The maximum absolute atomic E-state index is 13.8. The fourth-order valence-electron chi connectivity index (χ4n) is 3.26. The van der Waals surface area contributed by atoms with Gasteiger partial charge in [0, 0.05) is 6.42 Å². The van der Waals surface area contributed by atoms with Crippen LogP contribution < -0.4 is 0 Å². The lowest BCUT2D eigenvalue weighted by Crippen LogP contribution is -2.74. The molecule has 52 heavy (non-hydrogen) atoms. The Bertz CT molecular complexity index is 958. The van der Waals surface area contributed by atoms with E-state index in [1.807, 2.05) is 0 Å². The van der Waals surface area contributed by atoms with Crippen LogP contribution in [-0.2, 0) is 37.9 Å². The van der Waals surface area contributed by atoms with E-state index in [-0.39, 0.29) is 59.5 Å². The second-order valence-corrected chi connectivity index (χ2v) is 10.0. The van der Waals surface area contributed by atoms with E-state index in [0.29, 0.717) is 33.0 Å². The number of alkyl halides is 17. The standard InChI is InChI=1S/C26H37F17O9/c27-19(28,20(29,30)21(31,32)22(33,34)23(35,36)24(37,38)25(39,40)26(41,42)43)1-3-45-5-7-47-9-11-49-13-15-51-17-18-52-16-14-50-12-10-48-8-6-46-4-2-44/h44H,1-18H2. The van der Waals surface area contributed by atoms with Crippen LogP contribution in [0.1, 0.15) is 6.42 Å². The van der Waals surface area contributed by atoms with Gasteiger partial charge in [-0.2, -0.15) is 74.6 Å². The minimum Gasteiger partial charge on any atom is -0.394 e. The minimum atomic E-state index is -8.66. The molecule has 9 nitrogen and oxygen atoms in total. The Labute approximate surface area is 284 Å². The largest absolute Gasteiger partial charge is 0.460 e. The second-order valence-electron chi connectivity index (χ2n) is 10.0. The Kier molecular flexibility index (Phi) is 21.5. The van der Waals surface area contributed by atoms with Crippen LogP contribution in [0.15, 0.2) is 0 Å². The predicted octanol–water partition coefficient (Wildman–Crippen LogP) is 5.51. The lowest BCUT2D eigenvalue weighted by atomic mass is 9.88. The molecule has 0 aliphatic rings. The third kappa shape index (κ3) is 13.6. The van der Waals surface area contributed by atoms with Crippen LogP contribution in [0.5, 0.6) is 0 Å².